The summed E-state index contributed by atoms with van der Waals surface area (Å²) in [7, 11) is -3.70. The maximum absolute atomic E-state index is 12.6. The Morgan fingerprint density at radius 3 is 2.58 bits per heavy atom. The molecular weight excluding hydrogens is 354 g/mol. The molecule has 0 aliphatic heterocycles. The van der Waals surface area contributed by atoms with Gasteiger partial charge in [0, 0.05) is 12.1 Å². The van der Waals surface area contributed by atoms with E-state index in [0.29, 0.717) is 18.0 Å². The largest absolute Gasteiger partial charge is 0.328 e. The van der Waals surface area contributed by atoms with E-state index >= 15 is 0 Å². The van der Waals surface area contributed by atoms with Gasteiger partial charge in [0.15, 0.2) is 0 Å². The summed E-state index contributed by atoms with van der Waals surface area (Å²) in [6.45, 7) is 2.41. The number of hydrogen-bond donors (Lipinski definition) is 2. The van der Waals surface area contributed by atoms with E-state index in [-0.39, 0.29) is 15.8 Å². The summed E-state index contributed by atoms with van der Waals surface area (Å²) >= 11 is 0. The van der Waals surface area contributed by atoms with Gasteiger partial charge >= 0.3 is 5.69 Å². The normalized spacial score (nSPS) is 19.9. The lowest BCUT2D eigenvalue weighted by atomic mass is 10.1. The minimum absolute atomic E-state index is 0.0506. The molecule has 0 bridgehead atoms. The molecule has 0 radical (unpaired) electrons. The third-order valence-electron chi connectivity index (χ3n) is 5.58. The molecule has 2 saturated carbocycles. The van der Waals surface area contributed by atoms with Crippen molar-refractivity contribution in [2.75, 3.05) is 0 Å². The predicted octanol–water partition coefficient (Wildman–Crippen LogP) is 1.71. The van der Waals surface area contributed by atoms with Crippen LogP contribution in [0.15, 0.2) is 32.7 Å². The summed E-state index contributed by atoms with van der Waals surface area (Å²) in [5.74, 6) is 0.418. The third kappa shape index (κ3) is 3.23. The number of aromatic nitrogens is 2. The van der Waals surface area contributed by atoms with Gasteiger partial charge in [-0.05, 0) is 56.7 Å². The first-order valence-electron chi connectivity index (χ1n) is 9.08. The Morgan fingerprint density at radius 2 is 1.92 bits per heavy atom. The van der Waals surface area contributed by atoms with Gasteiger partial charge < -0.3 is 0 Å². The van der Waals surface area contributed by atoms with Gasteiger partial charge in [-0.1, -0.05) is 12.8 Å². The van der Waals surface area contributed by atoms with E-state index in [1.165, 1.54) is 12.1 Å². The first kappa shape index (κ1) is 17.5. The second kappa shape index (κ2) is 6.06. The number of sulfonamides is 1. The molecule has 2 aliphatic carbocycles. The standard InChI is InChI=1S/C18H23N3O4S/c1-18(8-9-18)20-26(24,25)13-6-7-15-14(10-13)16(22)19-17(23)21(15)11-12-4-2-3-5-12/h6-7,10,12,20H,2-5,8-9,11H2,1H3,(H,19,22,23). The number of rotatable bonds is 5. The summed E-state index contributed by atoms with van der Waals surface area (Å²) in [6.07, 6.45) is 6.08. The van der Waals surface area contributed by atoms with Crippen molar-refractivity contribution in [3.8, 4) is 0 Å². The monoisotopic (exact) mass is 377 g/mol. The maximum atomic E-state index is 12.6. The number of nitrogens with one attached hydrogen (secondary N) is 2. The van der Waals surface area contributed by atoms with E-state index in [1.54, 1.807) is 10.6 Å². The first-order chi connectivity index (χ1) is 12.3. The van der Waals surface area contributed by atoms with E-state index in [2.05, 4.69) is 9.71 Å². The van der Waals surface area contributed by atoms with Crippen LogP contribution in [-0.4, -0.2) is 23.5 Å². The molecule has 140 valence electrons. The van der Waals surface area contributed by atoms with Crippen molar-refractivity contribution < 1.29 is 8.42 Å². The fourth-order valence-electron chi connectivity index (χ4n) is 3.75. The highest BCUT2D eigenvalue weighted by molar-refractivity contribution is 7.89. The average Bonchev–Trinajstić information content (AvgIpc) is 3.08. The molecule has 0 amide bonds. The number of benzene rings is 1. The molecule has 7 nitrogen and oxygen atoms in total. The quantitative estimate of drug-likeness (QED) is 0.828. The number of aromatic amines is 1. The summed E-state index contributed by atoms with van der Waals surface area (Å²) in [5.41, 5.74) is -0.889. The van der Waals surface area contributed by atoms with Crippen LogP contribution in [0.5, 0.6) is 0 Å². The van der Waals surface area contributed by atoms with Crippen LogP contribution >= 0.6 is 0 Å². The second-order valence-corrected chi connectivity index (χ2v) is 9.55. The second-order valence-electron chi connectivity index (χ2n) is 7.87. The van der Waals surface area contributed by atoms with Gasteiger partial charge in [0.05, 0.1) is 15.8 Å². The maximum Gasteiger partial charge on any atom is 0.328 e. The minimum atomic E-state index is -3.70. The number of H-pyrrole nitrogens is 1. The smallest absolute Gasteiger partial charge is 0.293 e. The van der Waals surface area contributed by atoms with E-state index in [0.717, 1.165) is 38.5 Å². The van der Waals surface area contributed by atoms with Crippen molar-refractivity contribution in [2.24, 2.45) is 5.92 Å². The van der Waals surface area contributed by atoms with Gasteiger partial charge in [-0.3, -0.25) is 14.3 Å². The minimum Gasteiger partial charge on any atom is -0.293 e. The van der Waals surface area contributed by atoms with Gasteiger partial charge in [-0.25, -0.2) is 17.9 Å². The Kier molecular flexibility index (Phi) is 4.07. The first-order valence-corrected chi connectivity index (χ1v) is 10.6. The molecule has 0 unspecified atom stereocenters. The lowest BCUT2D eigenvalue weighted by Crippen LogP contribution is -2.35. The molecule has 2 aromatic rings. The Balaban J connectivity index is 1.78. The molecule has 8 heteroatoms. The number of nitrogens with zero attached hydrogens (tertiary/aromatic N) is 1. The molecule has 0 spiro atoms. The van der Waals surface area contributed by atoms with Crippen LogP contribution in [0.4, 0.5) is 0 Å². The van der Waals surface area contributed by atoms with Crippen LogP contribution in [0, 0.1) is 5.92 Å². The van der Waals surface area contributed by atoms with Crippen molar-refractivity contribution in [3.05, 3.63) is 39.0 Å². The van der Waals surface area contributed by atoms with Gasteiger partial charge in [-0.2, -0.15) is 0 Å². The summed E-state index contributed by atoms with van der Waals surface area (Å²) in [5, 5.41) is 0.228. The molecule has 0 saturated heterocycles. The zero-order chi connectivity index (χ0) is 18.5. The average molecular weight is 377 g/mol. The molecule has 26 heavy (non-hydrogen) atoms. The van der Waals surface area contributed by atoms with E-state index < -0.39 is 21.3 Å². The molecule has 1 heterocycles. The zero-order valence-corrected chi connectivity index (χ0v) is 15.6. The summed E-state index contributed by atoms with van der Waals surface area (Å²) in [4.78, 5) is 27.0. The highest BCUT2D eigenvalue weighted by Crippen LogP contribution is 2.36. The van der Waals surface area contributed by atoms with Crippen molar-refractivity contribution in [1.82, 2.24) is 14.3 Å². The van der Waals surface area contributed by atoms with Crippen LogP contribution in [0.2, 0.25) is 0 Å². The summed E-state index contributed by atoms with van der Waals surface area (Å²) in [6, 6.07) is 4.41. The van der Waals surface area contributed by atoms with Gasteiger partial charge in [0.25, 0.3) is 5.56 Å². The predicted molar refractivity (Wildman–Crippen MR) is 98.7 cm³/mol. The van der Waals surface area contributed by atoms with Crippen molar-refractivity contribution in [3.63, 3.8) is 0 Å². The number of hydrogen-bond acceptors (Lipinski definition) is 4. The number of fused-ring (bicyclic) bond motifs is 1. The fraction of sp³-hybridized carbons (Fsp3) is 0.556. The van der Waals surface area contributed by atoms with Crippen molar-refractivity contribution in [2.45, 2.75) is 62.4 Å². The van der Waals surface area contributed by atoms with E-state index in [9.17, 15) is 18.0 Å². The van der Waals surface area contributed by atoms with Crippen LogP contribution in [0.1, 0.15) is 45.4 Å². The van der Waals surface area contributed by atoms with Crippen LogP contribution in [0.3, 0.4) is 0 Å². The van der Waals surface area contributed by atoms with E-state index in [1.807, 2.05) is 6.92 Å². The zero-order valence-electron chi connectivity index (χ0n) is 14.7. The van der Waals surface area contributed by atoms with Gasteiger partial charge in [-0.15, -0.1) is 0 Å². The Labute approximate surface area is 151 Å². The lowest BCUT2D eigenvalue weighted by Gasteiger charge is -2.15. The molecule has 1 aromatic heterocycles. The summed E-state index contributed by atoms with van der Waals surface area (Å²) < 4.78 is 29.4. The Hall–Kier alpha value is -1.93. The fourth-order valence-corrected chi connectivity index (χ4v) is 5.24. The molecule has 1 aromatic carbocycles. The molecule has 2 N–H and O–H groups in total. The third-order valence-corrected chi connectivity index (χ3v) is 7.21. The molecule has 0 atom stereocenters. The lowest BCUT2D eigenvalue weighted by molar-refractivity contribution is 0.453. The molecule has 4 rings (SSSR count). The van der Waals surface area contributed by atoms with Gasteiger partial charge in [0.2, 0.25) is 10.0 Å². The van der Waals surface area contributed by atoms with Gasteiger partial charge in [0.1, 0.15) is 0 Å². The van der Waals surface area contributed by atoms with E-state index in [4.69, 9.17) is 0 Å². The molecule has 2 aliphatic rings. The highest BCUT2D eigenvalue weighted by Gasteiger charge is 2.41. The van der Waals surface area contributed by atoms with Crippen LogP contribution in [-0.2, 0) is 16.6 Å². The highest BCUT2D eigenvalue weighted by atomic mass is 32.2. The topological polar surface area (TPSA) is 101 Å². The van der Waals surface area contributed by atoms with Crippen LogP contribution in [0.25, 0.3) is 10.9 Å². The molecular formula is C18H23N3O4S. The Morgan fingerprint density at radius 1 is 1.23 bits per heavy atom. The Bertz CT molecular complexity index is 1070. The SMILES string of the molecule is CC1(NS(=O)(=O)c2ccc3c(c2)c(=O)[nH]c(=O)n3CC2CCCC2)CC1. The molecule has 2 fully saturated rings. The van der Waals surface area contributed by atoms with Crippen molar-refractivity contribution in [1.29, 1.82) is 0 Å². The van der Waals surface area contributed by atoms with Crippen LogP contribution < -0.4 is 16.0 Å². The van der Waals surface area contributed by atoms with Crippen molar-refractivity contribution >= 4 is 20.9 Å².